The number of methoxy groups -OCH3 is 1. The lowest BCUT2D eigenvalue weighted by Gasteiger charge is -2.28. The summed E-state index contributed by atoms with van der Waals surface area (Å²) in [7, 11) is 1.65. The normalized spacial score (nSPS) is 12.0. The predicted octanol–water partition coefficient (Wildman–Crippen LogP) is 4.29. The monoisotopic (exact) mass is 303 g/mol. The van der Waals surface area contributed by atoms with Crippen LogP contribution in [0.5, 0.6) is 5.75 Å². The van der Waals surface area contributed by atoms with Crippen LogP contribution < -0.4 is 4.74 Å². The van der Waals surface area contributed by atoms with E-state index < -0.39 is 0 Å². The first-order valence-corrected chi connectivity index (χ1v) is 7.89. The van der Waals surface area contributed by atoms with E-state index in [0.717, 1.165) is 21.1 Å². The Bertz CT molecular complexity index is 621. The zero-order valence-electron chi connectivity index (χ0n) is 12.9. The summed E-state index contributed by atoms with van der Waals surface area (Å²) in [5, 5.41) is 0. The highest BCUT2D eigenvalue weighted by Crippen LogP contribution is 2.27. The van der Waals surface area contributed by atoms with E-state index in [1.807, 2.05) is 55.1 Å². The number of rotatable bonds is 5. The maximum absolute atomic E-state index is 12.7. The molecule has 0 aliphatic rings. The van der Waals surface area contributed by atoms with Gasteiger partial charge in [-0.15, -0.1) is 11.3 Å². The summed E-state index contributed by atoms with van der Waals surface area (Å²) >= 11 is 1.54. The largest absolute Gasteiger partial charge is 0.497 e. The summed E-state index contributed by atoms with van der Waals surface area (Å²) in [4.78, 5) is 16.5. The number of hydrogen-bond donors (Lipinski definition) is 0. The Balaban J connectivity index is 2.25. The molecule has 21 heavy (non-hydrogen) atoms. The number of nitrogens with zero attached hydrogens (tertiary/aromatic N) is 1. The van der Waals surface area contributed by atoms with Crippen LogP contribution >= 0.6 is 11.3 Å². The van der Waals surface area contributed by atoms with Crippen molar-refractivity contribution in [1.29, 1.82) is 0 Å². The molecule has 0 spiro atoms. The van der Waals surface area contributed by atoms with Gasteiger partial charge in [0.15, 0.2) is 0 Å². The van der Waals surface area contributed by atoms with E-state index in [4.69, 9.17) is 4.74 Å². The average Bonchev–Trinajstić information content (AvgIpc) is 2.94. The topological polar surface area (TPSA) is 29.5 Å². The third-order valence-corrected chi connectivity index (χ3v) is 4.59. The molecule has 1 aromatic heterocycles. The Hall–Kier alpha value is -1.81. The molecule has 0 bridgehead atoms. The minimum Gasteiger partial charge on any atom is -0.497 e. The van der Waals surface area contributed by atoms with Gasteiger partial charge in [0, 0.05) is 11.4 Å². The molecule has 2 rings (SSSR count). The molecule has 3 nitrogen and oxygen atoms in total. The Morgan fingerprint density at radius 3 is 2.67 bits per heavy atom. The van der Waals surface area contributed by atoms with E-state index in [-0.39, 0.29) is 11.9 Å². The van der Waals surface area contributed by atoms with Gasteiger partial charge in [-0.2, -0.15) is 0 Å². The number of hydrogen-bond acceptors (Lipinski definition) is 3. The van der Waals surface area contributed by atoms with Gasteiger partial charge in [0.2, 0.25) is 0 Å². The molecule has 112 valence electrons. The van der Waals surface area contributed by atoms with Gasteiger partial charge in [0.05, 0.1) is 18.0 Å². The molecule has 1 heterocycles. The van der Waals surface area contributed by atoms with Crippen LogP contribution in [0.25, 0.3) is 0 Å². The quantitative estimate of drug-likeness (QED) is 0.824. The summed E-state index contributed by atoms with van der Waals surface area (Å²) in [6, 6.07) is 11.8. The van der Waals surface area contributed by atoms with E-state index in [9.17, 15) is 4.79 Å². The van der Waals surface area contributed by atoms with Crippen LogP contribution in [0.3, 0.4) is 0 Å². The highest BCUT2D eigenvalue weighted by molar-refractivity contribution is 7.13. The molecular weight excluding hydrogens is 282 g/mol. The van der Waals surface area contributed by atoms with Gasteiger partial charge in [0.25, 0.3) is 5.91 Å². The Morgan fingerprint density at radius 1 is 1.33 bits per heavy atom. The van der Waals surface area contributed by atoms with Crippen molar-refractivity contribution in [3.05, 3.63) is 51.7 Å². The summed E-state index contributed by atoms with van der Waals surface area (Å²) in [5.41, 5.74) is 1.08. The van der Waals surface area contributed by atoms with Crippen molar-refractivity contribution in [3.63, 3.8) is 0 Å². The minimum absolute atomic E-state index is 0.0139. The molecule has 1 aromatic carbocycles. The predicted molar refractivity (Wildman–Crippen MR) is 87.2 cm³/mol. The highest BCUT2D eigenvalue weighted by Gasteiger charge is 2.22. The minimum atomic E-state index is 0.0139. The van der Waals surface area contributed by atoms with Gasteiger partial charge in [-0.1, -0.05) is 12.1 Å². The van der Waals surface area contributed by atoms with Gasteiger partial charge in [-0.05, 0) is 50.6 Å². The molecule has 0 radical (unpaired) electrons. The molecule has 0 unspecified atom stereocenters. The number of thiophene rings is 1. The van der Waals surface area contributed by atoms with Crippen LogP contribution in [0, 0.1) is 6.92 Å². The molecule has 0 aliphatic carbocycles. The maximum Gasteiger partial charge on any atom is 0.264 e. The Morgan fingerprint density at radius 2 is 2.10 bits per heavy atom. The number of amides is 1. The lowest BCUT2D eigenvalue weighted by Crippen LogP contribution is -2.32. The molecule has 1 atom stereocenters. The van der Waals surface area contributed by atoms with Gasteiger partial charge in [0.1, 0.15) is 5.75 Å². The lowest BCUT2D eigenvalue weighted by atomic mass is 10.1. The number of aryl methyl sites for hydroxylation is 1. The summed E-state index contributed by atoms with van der Waals surface area (Å²) in [5.74, 6) is 0.903. The third-order valence-electron chi connectivity index (χ3n) is 3.60. The van der Waals surface area contributed by atoms with Crippen molar-refractivity contribution in [1.82, 2.24) is 4.90 Å². The van der Waals surface area contributed by atoms with Crippen molar-refractivity contribution < 1.29 is 9.53 Å². The van der Waals surface area contributed by atoms with E-state index in [1.54, 1.807) is 18.4 Å². The first-order valence-electron chi connectivity index (χ1n) is 7.08. The SMILES string of the molecule is CCN(C(=O)c1ccc(C)s1)[C@@H](C)c1cccc(OC)c1. The van der Waals surface area contributed by atoms with Crippen LogP contribution in [-0.4, -0.2) is 24.5 Å². The highest BCUT2D eigenvalue weighted by atomic mass is 32.1. The van der Waals surface area contributed by atoms with Crippen molar-refractivity contribution >= 4 is 17.2 Å². The second-order valence-electron chi connectivity index (χ2n) is 4.95. The van der Waals surface area contributed by atoms with E-state index in [1.165, 1.54) is 0 Å². The molecule has 0 saturated carbocycles. The second kappa shape index (κ2) is 6.76. The summed E-state index contributed by atoms with van der Waals surface area (Å²) in [6.45, 7) is 6.75. The zero-order valence-corrected chi connectivity index (χ0v) is 13.7. The zero-order chi connectivity index (χ0) is 15.4. The van der Waals surface area contributed by atoms with E-state index >= 15 is 0 Å². The van der Waals surface area contributed by atoms with Crippen LogP contribution in [0.2, 0.25) is 0 Å². The molecule has 0 aliphatic heterocycles. The number of carbonyl (C=O) groups excluding carboxylic acids is 1. The molecular formula is C17H21NO2S. The van der Waals surface area contributed by atoms with Crippen LogP contribution in [0.15, 0.2) is 36.4 Å². The Kier molecular flexibility index (Phi) is 5.02. The van der Waals surface area contributed by atoms with Crippen LogP contribution in [0.4, 0.5) is 0 Å². The molecule has 1 amide bonds. The smallest absolute Gasteiger partial charge is 0.264 e. The number of benzene rings is 1. The third kappa shape index (κ3) is 3.45. The number of ether oxygens (including phenoxy) is 1. The van der Waals surface area contributed by atoms with Crippen LogP contribution in [0.1, 0.15) is 40.0 Å². The van der Waals surface area contributed by atoms with Crippen molar-refractivity contribution in [2.75, 3.05) is 13.7 Å². The molecule has 0 saturated heterocycles. The lowest BCUT2D eigenvalue weighted by molar-refractivity contribution is 0.0707. The first kappa shape index (κ1) is 15.6. The average molecular weight is 303 g/mol. The van der Waals surface area contributed by atoms with Gasteiger partial charge >= 0.3 is 0 Å². The fraction of sp³-hybridized carbons (Fsp3) is 0.353. The maximum atomic E-state index is 12.7. The first-order chi connectivity index (χ1) is 10.1. The van der Waals surface area contributed by atoms with Crippen molar-refractivity contribution in [2.24, 2.45) is 0 Å². The molecule has 2 aromatic rings. The summed E-state index contributed by atoms with van der Waals surface area (Å²) in [6.07, 6.45) is 0. The molecule has 0 fully saturated rings. The van der Waals surface area contributed by atoms with E-state index in [2.05, 4.69) is 6.92 Å². The van der Waals surface area contributed by atoms with Gasteiger partial charge in [-0.25, -0.2) is 0 Å². The molecule has 0 N–H and O–H groups in total. The van der Waals surface area contributed by atoms with Crippen molar-refractivity contribution in [3.8, 4) is 5.75 Å². The van der Waals surface area contributed by atoms with Gasteiger partial charge in [-0.3, -0.25) is 4.79 Å². The fourth-order valence-corrected chi connectivity index (χ4v) is 3.19. The Labute approximate surface area is 130 Å². The fourth-order valence-electron chi connectivity index (χ4n) is 2.37. The summed E-state index contributed by atoms with van der Waals surface area (Å²) < 4.78 is 5.27. The molecule has 4 heteroatoms. The van der Waals surface area contributed by atoms with Gasteiger partial charge < -0.3 is 9.64 Å². The van der Waals surface area contributed by atoms with Crippen LogP contribution in [-0.2, 0) is 0 Å². The second-order valence-corrected chi connectivity index (χ2v) is 6.24. The van der Waals surface area contributed by atoms with E-state index in [0.29, 0.717) is 6.54 Å². The number of carbonyl (C=O) groups is 1. The standard InChI is InChI=1S/C17H21NO2S/c1-5-18(17(19)16-10-9-12(2)21-16)13(3)14-7-6-8-15(11-14)20-4/h6-11,13H,5H2,1-4H3/t13-/m0/s1. The van der Waals surface area contributed by atoms with Crippen molar-refractivity contribution in [2.45, 2.75) is 26.8 Å².